The molecule has 0 saturated heterocycles. The summed E-state index contributed by atoms with van der Waals surface area (Å²) in [5.74, 6) is 0. The summed E-state index contributed by atoms with van der Waals surface area (Å²) >= 11 is 0. The molecule has 3 aromatic rings. The molecule has 3 rings (SSSR count). The number of hydrogen-bond donors (Lipinski definition) is 1. The molecule has 3 aromatic heterocycles. The van der Waals surface area contributed by atoms with Crippen molar-refractivity contribution in [2.24, 2.45) is 0 Å². The predicted molar refractivity (Wildman–Crippen MR) is 65.9 cm³/mol. The molecule has 0 aliphatic carbocycles. The van der Waals surface area contributed by atoms with Crippen molar-refractivity contribution in [1.29, 1.82) is 0 Å². The van der Waals surface area contributed by atoms with E-state index in [2.05, 4.69) is 25.4 Å². The van der Waals surface area contributed by atoms with Crippen LogP contribution in [0.25, 0.3) is 5.52 Å². The van der Waals surface area contributed by atoms with Crippen molar-refractivity contribution in [3.05, 3.63) is 54.6 Å². The Morgan fingerprint density at radius 1 is 1.11 bits per heavy atom. The van der Waals surface area contributed by atoms with Crippen LogP contribution in [0.4, 0.5) is 0 Å². The minimum Gasteiger partial charge on any atom is -0.309 e. The van der Waals surface area contributed by atoms with Crippen LogP contribution in [0.2, 0.25) is 0 Å². The van der Waals surface area contributed by atoms with E-state index in [0.29, 0.717) is 0 Å². The van der Waals surface area contributed by atoms with E-state index < -0.39 is 0 Å². The van der Waals surface area contributed by atoms with Crippen LogP contribution in [-0.2, 0) is 0 Å². The number of aromatic nitrogens is 5. The zero-order valence-corrected chi connectivity index (χ0v) is 9.85. The maximum atomic E-state index is 4.31. The van der Waals surface area contributed by atoms with Crippen molar-refractivity contribution in [3.8, 4) is 0 Å². The van der Waals surface area contributed by atoms with Crippen molar-refractivity contribution >= 4 is 5.52 Å². The molecule has 0 aliphatic heterocycles. The van der Waals surface area contributed by atoms with Crippen molar-refractivity contribution in [2.75, 3.05) is 7.05 Å². The molecule has 0 spiro atoms. The fourth-order valence-corrected chi connectivity index (χ4v) is 2.04. The molecule has 0 saturated carbocycles. The average molecular weight is 240 g/mol. The van der Waals surface area contributed by atoms with Crippen LogP contribution in [0.15, 0.2) is 43.5 Å². The first-order valence-corrected chi connectivity index (χ1v) is 5.59. The number of rotatable bonds is 3. The van der Waals surface area contributed by atoms with E-state index in [4.69, 9.17) is 0 Å². The SMILES string of the molecule is CNC(c1cncnc1)c1cnn2ccncc12. The normalized spacial score (nSPS) is 12.7. The summed E-state index contributed by atoms with van der Waals surface area (Å²) in [7, 11) is 1.90. The first kappa shape index (κ1) is 10.8. The maximum Gasteiger partial charge on any atom is 0.115 e. The zero-order chi connectivity index (χ0) is 12.4. The van der Waals surface area contributed by atoms with Gasteiger partial charge in [0.2, 0.25) is 0 Å². The van der Waals surface area contributed by atoms with Gasteiger partial charge in [0.1, 0.15) is 6.33 Å². The maximum absolute atomic E-state index is 4.31. The topological polar surface area (TPSA) is 68.0 Å². The Labute approximate surface area is 104 Å². The highest BCUT2D eigenvalue weighted by Gasteiger charge is 2.17. The Bertz CT molecular complexity index is 648. The lowest BCUT2D eigenvalue weighted by Crippen LogP contribution is -2.17. The minimum absolute atomic E-state index is 0.00731. The average Bonchev–Trinajstić information content (AvgIpc) is 2.85. The van der Waals surface area contributed by atoms with Gasteiger partial charge >= 0.3 is 0 Å². The van der Waals surface area contributed by atoms with Crippen LogP contribution < -0.4 is 5.32 Å². The van der Waals surface area contributed by atoms with Gasteiger partial charge in [0.25, 0.3) is 0 Å². The van der Waals surface area contributed by atoms with Gasteiger partial charge in [0.15, 0.2) is 0 Å². The second-order valence-corrected chi connectivity index (χ2v) is 3.90. The fourth-order valence-electron chi connectivity index (χ4n) is 2.04. The van der Waals surface area contributed by atoms with Gasteiger partial charge in [-0.05, 0) is 7.05 Å². The molecule has 0 radical (unpaired) electrons. The Balaban J connectivity index is 2.12. The third-order valence-electron chi connectivity index (χ3n) is 2.87. The monoisotopic (exact) mass is 240 g/mol. The molecule has 0 bridgehead atoms. The summed E-state index contributed by atoms with van der Waals surface area (Å²) in [5.41, 5.74) is 3.03. The standard InChI is InChI=1S/C12H12N6/c1-13-12(9-4-15-8-16-5-9)10-6-17-18-3-2-14-7-11(10)18/h2-8,12-13H,1H3. The van der Waals surface area contributed by atoms with Gasteiger partial charge < -0.3 is 5.32 Å². The summed E-state index contributed by atoms with van der Waals surface area (Å²) in [6.07, 6.45) is 12.3. The van der Waals surface area contributed by atoms with Crippen LogP contribution in [0.5, 0.6) is 0 Å². The number of hydrogen-bond acceptors (Lipinski definition) is 5. The zero-order valence-electron chi connectivity index (χ0n) is 9.85. The molecular formula is C12H12N6. The van der Waals surface area contributed by atoms with Crippen molar-refractivity contribution < 1.29 is 0 Å². The highest BCUT2D eigenvalue weighted by molar-refractivity contribution is 5.55. The van der Waals surface area contributed by atoms with Crippen molar-refractivity contribution in [3.63, 3.8) is 0 Å². The van der Waals surface area contributed by atoms with Crippen LogP contribution in [0.3, 0.4) is 0 Å². The number of nitrogens with zero attached hydrogens (tertiary/aromatic N) is 5. The fraction of sp³-hybridized carbons (Fsp3) is 0.167. The first-order valence-electron chi connectivity index (χ1n) is 5.59. The van der Waals surface area contributed by atoms with Crippen LogP contribution in [0, 0.1) is 0 Å². The lowest BCUT2D eigenvalue weighted by Gasteiger charge is -2.14. The molecule has 1 N–H and O–H groups in total. The molecule has 3 heterocycles. The highest BCUT2D eigenvalue weighted by atomic mass is 15.2. The summed E-state index contributed by atoms with van der Waals surface area (Å²) in [6, 6.07) is 0.00731. The van der Waals surface area contributed by atoms with Gasteiger partial charge in [0.05, 0.1) is 24.0 Å². The van der Waals surface area contributed by atoms with Crippen molar-refractivity contribution in [1.82, 2.24) is 29.9 Å². The number of fused-ring (bicyclic) bond motifs is 1. The van der Waals surface area contributed by atoms with Crippen LogP contribution in [-0.4, -0.2) is 31.6 Å². The van der Waals surface area contributed by atoms with Gasteiger partial charge in [-0.3, -0.25) is 4.98 Å². The second-order valence-electron chi connectivity index (χ2n) is 3.90. The lowest BCUT2D eigenvalue weighted by molar-refractivity contribution is 0.689. The lowest BCUT2D eigenvalue weighted by atomic mass is 10.0. The quantitative estimate of drug-likeness (QED) is 0.734. The van der Waals surface area contributed by atoms with Crippen LogP contribution >= 0.6 is 0 Å². The largest absolute Gasteiger partial charge is 0.309 e. The van der Waals surface area contributed by atoms with E-state index in [-0.39, 0.29) is 6.04 Å². The molecular weight excluding hydrogens is 228 g/mol. The number of nitrogens with one attached hydrogen (secondary N) is 1. The Hall–Kier alpha value is -2.34. The van der Waals surface area contributed by atoms with E-state index in [9.17, 15) is 0 Å². The smallest absolute Gasteiger partial charge is 0.115 e. The third-order valence-corrected chi connectivity index (χ3v) is 2.87. The van der Waals surface area contributed by atoms with Gasteiger partial charge in [-0.15, -0.1) is 0 Å². The van der Waals surface area contributed by atoms with Crippen LogP contribution in [0.1, 0.15) is 17.2 Å². The molecule has 18 heavy (non-hydrogen) atoms. The molecule has 0 aromatic carbocycles. The molecule has 90 valence electrons. The van der Waals surface area contributed by atoms with E-state index in [1.54, 1.807) is 29.3 Å². The second kappa shape index (κ2) is 4.50. The summed E-state index contributed by atoms with van der Waals surface area (Å²) in [5, 5.41) is 7.56. The molecule has 1 atom stereocenters. The highest BCUT2D eigenvalue weighted by Crippen LogP contribution is 2.23. The van der Waals surface area contributed by atoms with E-state index in [1.807, 2.05) is 19.4 Å². The van der Waals surface area contributed by atoms with E-state index >= 15 is 0 Å². The summed E-state index contributed by atoms with van der Waals surface area (Å²) in [4.78, 5) is 12.2. The Kier molecular flexibility index (Phi) is 2.70. The minimum atomic E-state index is 0.00731. The summed E-state index contributed by atoms with van der Waals surface area (Å²) < 4.78 is 1.80. The van der Waals surface area contributed by atoms with E-state index in [1.165, 1.54) is 6.33 Å². The molecule has 0 fully saturated rings. The van der Waals surface area contributed by atoms with Gasteiger partial charge in [-0.2, -0.15) is 5.10 Å². The Morgan fingerprint density at radius 3 is 2.72 bits per heavy atom. The molecule has 6 heteroatoms. The first-order chi connectivity index (χ1) is 8.90. The van der Waals surface area contributed by atoms with E-state index in [0.717, 1.165) is 16.6 Å². The summed E-state index contributed by atoms with van der Waals surface area (Å²) in [6.45, 7) is 0. The van der Waals surface area contributed by atoms with Crippen molar-refractivity contribution in [2.45, 2.75) is 6.04 Å². The Morgan fingerprint density at radius 2 is 1.94 bits per heavy atom. The molecule has 0 amide bonds. The van der Waals surface area contributed by atoms with Gasteiger partial charge in [-0.25, -0.2) is 14.5 Å². The van der Waals surface area contributed by atoms with Gasteiger partial charge in [-0.1, -0.05) is 0 Å². The van der Waals surface area contributed by atoms with Gasteiger partial charge in [0, 0.05) is 35.9 Å². The molecule has 6 nitrogen and oxygen atoms in total. The third kappa shape index (κ3) is 1.72. The molecule has 0 aliphatic rings. The predicted octanol–water partition coefficient (Wildman–Crippen LogP) is 0.828. The molecule has 1 unspecified atom stereocenters.